The molecular formula is C8H14N2OS. The van der Waals surface area contributed by atoms with Gasteiger partial charge in [0, 0.05) is 11.0 Å². The van der Waals surface area contributed by atoms with Crippen LogP contribution in [0.2, 0.25) is 0 Å². The smallest absolute Gasteiger partial charge is 0.315 e. The number of fused-ring (bicyclic) bond motifs is 1. The topological polar surface area (TPSA) is 41.1 Å². The highest BCUT2D eigenvalue weighted by Crippen LogP contribution is 2.34. The van der Waals surface area contributed by atoms with Gasteiger partial charge in [-0.2, -0.15) is 11.8 Å². The van der Waals surface area contributed by atoms with Crippen LogP contribution in [0, 0.1) is 5.92 Å². The Morgan fingerprint density at radius 2 is 2.25 bits per heavy atom. The van der Waals surface area contributed by atoms with Crippen molar-refractivity contribution in [2.45, 2.75) is 31.2 Å². The first kappa shape index (κ1) is 8.23. The lowest BCUT2D eigenvalue weighted by molar-refractivity contribution is 0.246. The van der Waals surface area contributed by atoms with Gasteiger partial charge in [-0.3, -0.25) is 0 Å². The number of rotatable bonds is 1. The lowest BCUT2D eigenvalue weighted by Gasteiger charge is -2.19. The van der Waals surface area contributed by atoms with Gasteiger partial charge in [0.05, 0.1) is 12.1 Å². The highest BCUT2D eigenvalue weighted by molar-refractivity contribution is 8.00. The van der Waals surface area contributed by atoms with Gasteiger partial charge in [-0.15, -0.1) is 0 Å². The molecule has 2 heterocycles. The lowest BCUT2D eigenvalue weighted by atomic mass is 10.00. The summed E-state index contributed by atoms with van der Waals surface area (Å²) >= 11 is 1.97. The molecule has 2 saturated heterocycles. The molecule has 2 rings (SSSR count). The van der Waals surface area contributed by atoms with Crippen LogP contribution in [0.4, 0.5) is 4.79 Å². The van der Waals surface area contributed by atoms with Crippen LogP contribution >= 0.6 is 11.8 Å². The summed E-state index contributed by atoms with van der Waals surface area (Å²) in [6, 6.07) is 0.744. The number of nitrogens with one attached hydrogen (secondary N) is 2. The Hall–Kier alpha value is -0.380. The molecule has 0 spiro atoms. The first-order chi connectivity index (χ1) is 5.68. The molecule has 0 aliphatic carbocycles. The molecule has 68 valence electrons. The number of thioether (sulfide) groups is 1. The quantitative estimate of drug-likeness (QED) is 0.595. The molecule has 12 heavy (non-hydrogen) atoms. The normalized spacial score (nSPS) is 39.6. The summed E-state index contributed by atoms with van der Waals surface area (Å²) in [6.45, 7) is 4.43. The third kappa shape index (κ3) is 1.18. The van der Waals surface area contributed by atoms with E-state index in [0.29, 0.717) is 23.3 Å². The van der Waals surface area contributed by atoms with Gasteiger partial charge in [0.25, 0.3) is 0 Å². The highest BCUT2D eigenvalue weighted by atomic mass is 32.2. The van der Waals surface area contributed by atoms with Gasteiger partial charge in [0.2, 0.25) is 0 Å². The number of urea groups is 1. The molecule has 3 nitrogen and oxygen atoms in total. The molecule has 4 heteroatoms. The number of carbonyl (C=O) groups is 1. The SMILES string of the molecule is CC(C)[C@@H]1SCC2NC(=O)N[C@@H]21. The van der Waals surface area contributed by atoms with Crippen LogP contribution in [0.1, 0.15) is 13.8 Å². The van der Waals surface area contributed by atoms with E-state index in [1.807, 2.05) is 11.8 Å². The first-order valence-corrected chi connectivity index (χ1v) is 5.42. The van der Waals surface area contributed by atoms with E-state index in [1.165, 1.54) is 0 Å². The molecule has 3 atom stereocenters. The second-order valence-corrected chi connectivity index (χ2v) is 5.00. The zero-order chi connectivity index (χ0) is 8.72. The Kier molecular flexibility index (Phi) is 1.94. The molecule has 0 aromatic carbocycles. The van der Waals surface area contributed by atoms with Crippen LogP contribution in [0.25, 0.3) is 0 Å². The Balaban J connectivity index is 2.08. The van der Waals surface area contributed by atoms with Crippen molar-refractivity contribution in [1.82, 2.24) is 10.6 Å². The van der Waals surface area contributed by atoms with E-state index in [1.54, 1.807) is 0 Å². The van der Waals surface area contributed by atoms with Gasteiger partial charge in [-0.25, -0.2) is 4.79 Å². The molecule has 0 aromatic heterocycles. The molecule has 0 bridgehead atoms. The minimum absolute atomic E-state index is 0.0101. The van der Waals surface area contributed by atoms with E-state index in [2.05, 4.69) is 24.5 Å². The van der Waals surface area contributed by atoms with Gasteiger partial charge >= 0.3 is 6.03 Å². The molecule has 0 aromatic rings. The van der Waals surface area contributed by atoms with E-state index in [-0.39, 0.29) is 6.03 Å². The third-order valence-corrected chi connectivity index (χ3v) is 4.30. The minimum Gasteiger partial charge on any atom is -0.332 e. The zero-order valence-electron chi connectivity index (χ0n) is 7.33. The molecule has 2 amide bonds. The molecule has 2 fully saturated rings. The van der Waals surface area contributed by atoms with Crippen LogP contribution in [-0.4, -0.2) is 29.1 Å². The fraction of sp³-hybridized carbons (Fsp3) is 0.875. The van der Waals surface area contributed by atoms with E-state index >= 15 is 0 Å². The van der Waals surface area contributed by atoms with E-state index < -0.39 is 0 Å². The van der Waals surface area contributed by atoms with E-state index in [0.717, 1.165) is 5.75 Å². The van der Waals surface area contributed by atoms with E-state index in [9.17, 15) is 4.79 Å². The van der Waals surface area contributed by atoms with Crippen molar-refractivity contribution in [3.63, 3.8) is 0 Å². The van der Waals surface area contributed by atoms with Gasteiger partial charge in [-0.05, 0) is 5.92 Å². The molecule has 0 radical (unpaired) electrons. The van der Waals surface area contributed by atoms with Gasteiger partial charge in [0.15, 0.2) is 0 Å². The maximum atomic E-state index is 11.0. The van der Waals surface area contributed by atoms with E-state index in [4.69, 9.17) is 0 Å². The largest absolute Gasteiger partial charge is 0.332 e. The summed E-state index contributed by atoms with van der Waals surface area (Å²) in [5, 5.41) is 6.50. The predicted octanol–water partition coefficient (Wildman–Crippen LogP) is 0.808. The molecule has 0 saturated carbocycles. The predicted molar refractivity (Wildman–Crippen MR) is 50.3 cm³/mol. The van der Waals surface area contributed by atoms with Crippen molar-refractivity contribution in [1.29, 1.82) is 0 Å². The Labute approximate surface area is 76.7 Å². The molecule has 2 N–H and O–H groups in total. The zero-order valence-corrected chi connectivity index (χ0v) is 8.15. The van der Waals surface area contributed by atoms with Crippen molar-refractivity contribution in [2.24, 2.45) is 5.92 Å². The Bertz CT molecular complexity index is 207. The fourth-order valence-corrected chi connectivity index (χ4v) is 3.50. The van der Waals surface area contributed by atoms with Gasteiger partial charge in [-0.1, -0.05) is 13.8 Å². The molecule has 2 aliphatic rings. The number of hydrogen-bond acceptors (Lipinski definition) is 2. The third-order valence-electron chi connectivity index (χ3n) is 2.53. The minimum atomic E-state index is 0.0101. The maximum absolute atomic E-state index is 11.0. The summed E-state index contributed by atoms with van der Waals surface area (Å²) in [7, 11) is 0. The average molecular weight is 186 g/mol. The average Bonchev–Trinajstić information content (AvgIpc) is 2.43. The standard InChI is InChI=1S/C8H14N2OS/c1-4(2)7-6-5(3-12-7)9-8(11)10-6/h4-7H,3H2,1-2H3,(H2,9,10,11)/t5?,6-,7-/m0/s1. The van der Waals surface area contributed by atoms with Crippen molar-refractivity contribution in [2.75, 3.05) is 5.75 Å². The molecule has 1 unspecified atom stereocenters. The van der Waals surface area contributed by atoms with Crippen LogP contribution in [0.15, 0.2) is 0 Å². The van der Waals surface area contributed by atoms with Crippen LogP contribution in [0.5, 0.6) is 0 Å². The monoisotopic (exact) mass is 186 g/mol. The number of hydrogen-bond donors (Lipinski definition) is 2. The summed E-state index contributed by atoms with van der Waals surface area (Å²) in [6.07, 6.45) is 0. The molecule has 2 aliphatic heterocycles. The summed E-state index contributed by atoms with van der Waals surface area (Å²) in [4.78, 5) is 11.0. The van der Waals surface area contributed by atoms with Gasteiger partial charge < -0.3 is 10.6 Å². The first-order valence-electron chi connectivity index (χ1n) is 4.37. The highest BCUT2D eigenvalue weighted by Gasteiger charge is 2.43. The number of carbonyl (C=O) groups excluding carboxylic acids is 1. The summed E-state index contributed by atoms with van der Waals surface area (Å²) in [5.74, 6) is 1.71. The van der Waals surface area contributed by atoms with Gasteiger partial charge in [0.1, 0.15) is 0 Å². The second-order valence-electron chi connectivity index (χ2n) is 3.79. The second kappa shape index (κ2) is 2.83. The number of amides is 2. The Morgan fingerprint density at radius 1 is 1.50 bits per heavy atom. The van der Waals surface area contributed by atoms with Crippen molar-refractivity contribution in [3.05, 3.63) is 0 Å². The molecular weight excluding hydrogens is 172 g/mol. The summed E-state index contributed by atoms with van der Waals surface area (Å²) < 4.78 is 0. The maximum Gasteiger partial charge on any atom is 0.315 e. The van der Waals surface area contributed by atoms with Crippen molar-refractivity contribution in [3.8, 4) is 0 Å². The summed E-state index contributed by atoms with van der Waals surface area (Å²) in [5.41, 5.74) is 0. The van der Waals surface area contributed by atoms with Crippen LogP contribution < -0.4 is 10.6 Å². The van der Waals surface area contributed by atoms with Crippen LogP contribution in [0.3, 0.4) is 0 Å². The van der Waals surface area contributed by atoms with Crippen molar-refractivity contribution < 1.29 is 4.79 Å². The van der Waals surface area contributed by atoms with Crippen LogP contribution in [-0.2, 0) is 0 Å². The lowest BCUT2D eigenvalue weighted by Crippen LogP contribution is -2.39. The fourth-order valence-electron chi connectivity index (χ4n) is 1.93. The van der Waals surface area contributed by atoms with Crippen molar-refractivity contribution >= 4 is 17.8 Å². The Morgan fingerprint density at radius 3 is 2.92 bits per heavy atom.